The summed E-state index contributed by atoms with van der Waals surface area (Å²) in [6.07, 6.45) is -0.919. The maximum atomic E-state index is 12.9. The highest BCUT2D eigenvalue weighted by molar-refractivity contribution is 5.90. The Labute approximate surface area is 243 Å². The highest BCUT2D eigenvalue weighted by Crippen LogP contribution is 2.38. The van der Waals surface area contributed by atoms with Crippen LogP contribution in [0.4, 0.5) is 13.2 Å². The Morgan fingerprint density at radius 3 is 2.21 bits per heavy atom. The van der Waals surface area contributed by atoms with Crippen molar-refractivity contribution in [2.75, 3.05) is 26.2 Å². The van der Waals surface area contributed by atoms with Crippen molar-refractivity contribution < 1.29 is 37.3 Å². The molecule has 3 heterocycles. The fourth-order valence-corrected chi connectivity index (χ4v) is 6.01. The smallest absolute Gasteiger partial charge is 0.392 e. The molecule has 42 heavy (non-hydrogen) atoms. The maximum Gasteiger partial charge on any atom is 0.471 e. The summed E-state index contributed by atoms with van der Waals surface area (Å²) < 4.78 is 51.6. The summed E-state index contributed by atoms with van der Waals surface area (Å²) in [5.74, 6) is -2.57. The minimum atomic E-state index is -5.00. The quantitative estimate of drug-likeness (QED) is 0.475. The number of hydrogen-bond acceptors (Lipinski definition) is 6. The van der Waals surface area contributed by atoms with Gasteiger partial charge in [0, 0.05) is 31.6 Å². The Bertz CT molecular complexity index is 1200. The number of rotatable bonds is 8. The number of ether oxygens (including phenoxy) is 2. The Kier molecular flexibility index (Phi) is 9.82. The van der Waals surface area contributed by atoms with E-state index < -0.39 is 30.3 Å². The van der Waals surface area contributed by atoms with Crippen molar-refractivity contribution in [3.8, 4) is 0 Å². The Morgan fingerprint density at radius 1 is 0.881 bits per heavy atom. The lowest BCUT2D eigenvalue weighted by Gasteiger charge is -2.39. The first-order chi connectivity index (χ1) is 20.2. The van der Waals surface area contributed by atoms with Crippen LogP contribution in [0.3, 0.4) is 0 Å². The molecule has 2 amide bonds. The molecular weight excluding hydrogens is 551 g/mol. The lowest BCUT2D eigenvalue weighted by molar-refractivity contribution is -0.253. The zero-order valence-corrected chi connectivity index (χ0v) is 23.5. The SMILES string of the molecule is O=C(NCc1ccc([C@H]2O[C@@H](CN3CCCCC3)C[C@@H](c3ccc(CO)cc3)O2)cc1)[C@@H]1CCCN1C(=O)C(F)(F)F. The average Bonchev–Trinajstić information content (AvgIpc) is 3.50. The largest absolute Gasteiger partial charge is 0.471 e. The van der Waals surface area contributed by atoms with Crippen LogP contribution >= 0.6 is 0 Å². The van der Waals surface area contributed by atoms with E-state index in [1.165, 1.54) is 19.3 Å². The van der Waals surface area contributed by atoms with Crippen LogP contribution in [-0.2, 0) is 32.2 Å². The number of halogens is 3. The summed E-state index contributed by atoms with van der Waals surface area (Å²) in [5, 5.41) is 12.1. The molecule has 8 nitrogen and oxygen atoms in total. The van der Waals surface area contributed by atoms with Gasteiger partial charge in [-0.1, -0.05) is 55.0 Å². The van der Waals surface area contributed by atoms with Gasteiger partial charge < -0.3 is 29.7 Å². The second kappa shape index (κ2) is 13.5. The van der Waals surface area contributed by atoms with E-state index in [0.29, 0.717) is 17.7 Å². The number of amides is 2. The molecule has 2 N–H and O–H groups in total. The lowest BCUT2D eigenvalue weighted by Crippen LogP contribution is -2.50. The summed E-state index contributed by atoms with van der Waals surface area (Å²) in [4.78, 5) is 27.4. The molecule has 2 aromatic rings. The van der Waals surface area contributed by atoms with Crippen molar-refractivity contribution in [3.05, 3.63) is 70.8 Å². The number of hydrogen-bond donors (Lipinski definition) is 2. The first kappa shape index (κ1) is 30.5. The van der Waals surface area contributed by atoms with E-state index in [1.54, 1.807) is 0 Å². The fraction of sp³-hybridized carbons (Fsp3) is 0.548. The molecule has 3 fully saturated rings. The number of likely N-dealkylation sites (tertiary alicyclic amines) is 2. The molecule has 0 unspecified atom stereocenters. The molecule has 0 aromatic heterocycles. The van der Waals surface area contributed by atoms with Gasteiger partial charge in [-0.3, -0.25) is 9.59 Å². The second-order valence-electron chi connectivity index (χ2n) is 11.3. The van der Waals surface area contributed by atoms with Gasteiger partial charge in [0.1, 0.15) is 6.04 Å². The van der Waals surface area contributed by atoms with Crippen molar-refractivity contribution in [3.63, 3.8) is 0 Å². The van der Waals surface area contributed by atoms with Crippen LogP contribution in [0.2, 0.25) is 0 Å². The number of aliphatic hydroxyl groups is 1. The summed E-state index contributed by atoms with van der Waals surface area (Å²) >= 11 is 0. The minimum absolute atomic E-state index is 0.0213. The fourth-order valence-electron chi connectivity index (χ4n) is 6.01. The molecule has 5 rings (SSSR count). The van der Waals surface area contributed by atoms with Gasteiger partial charge in [-0.15, -0.1) is 0 Å². The summed E-state index contributed by atoms with van der Waals surface area (Å²) in [6.45, 7) is 2.96. The minimum Gasteiger partial charge on any atom is -0.392 e. The van der Waals surface area contributed by atoms with Gasteiger partial charge in [0.2, 0.25) is 5.91 Å². The second-order valence-corrected chi connectivity index (χ2v) is 11.3. The molecule has 2 aromatic carbocycles. The van der Waals surface area contributed by atoms with E-state index in [4.69, 9.17) is 9.47 Å². The average molecular weight is 590 g/mol. The molecule has 0 spiro atoms. The van der Waals surface area contributed by atoms with E-state index in [1.807, 2.05) is 48.5 Å². The predicted molar refractivity (Wildman–Crippen MR) is 148 cm³/mol. The van der Waals surface area contributed by atoms with E-state index in [9.17, 15) is 27.9 Å². The summed E-state index contributed by atoms with van der Waals surface area (Å²) in [7, 11) is 0. The molecule has 3 saturated heterocycles. The van der Waals surface area contributed by atoms with E-state index in [0.717, 1.165) is 41.9 Å². The zero-order valence-electron chi connectivity index (χ0n) is 23.5. The Balaban J connectivity index is 1.23. The highest BCUT2D eigenvalue weighted by atomic mass is 19.4. The highest BCUT2D eigenvalue weighted by Gasteiger charge is 2.47. The maximum absolute atomic E-state index is 12.9. The normalized spacial score (nSPS) is 25.4. The van der Waals surface area contributed by atoms with Gasteiger partial charge in [0.15, 0.2) is 6.29 Å². The van der Waals surface area contributed by atoms with E-state index in [2.05, 4.69) is 10.2 Å². The molecule has 0 bridgehead atoms. The summed E-state index contributed by atoms with van der Waals surface area (Å²) in [5.41, 5.74) is 3.44. The van der Waals surface area contributed by atoms with Crippen molar-refractivity contribution in [1.82, 2.24) is 15.1 Å². The molecule has 0 saturated carbocycles. The van der Waals surface area contributed by atoms with Gasteiger partial charge in [0.25, 0.3) is 0 Å². The van der Waals surface area contributed by atoms with Crippen molar-refractivity contribution >= 4 is 11.8 Å². The van der Waals surface area contributed by atoms with Gasteiger partial charge in [-0.25, -0.2) is 0 Å². The predicted octanol–water partition coefficient (Wildman–Crippen LogP) is 4.38. The van der Waals surface area contributed by atoms with Crippen molar-refractivity contribution in [2.45, 2.75) is 82.4 Å². The number of nitrogens with one attached hydrogen (secondary N) is 1. The van der Waals surface area contributed by atoms with Crippen LogP contribution in [0, 0.1) is 0 Å². The number of benzene rings is 2. The third-order valence-corrected chi connectivity index (χ3v) is 8.30. The molecule has 228 valence electrons. The monoisotopic (exact) mass is 589 g/mol. The van der Waals surface area contributed by atoms with Crippen LogP contribution in [0.5, 0.6) is 0 Å². The summed E-state index contributed by atoms with van der Waals surface area (Å²) in [6, 6.07) is 14.0. The number of alkyl halides is 3. The Hall–Kier alpha value is -2.99. The molecule has 0 radical (unpaired) electrons. The number of carbonyl (C=O) groups is 2. The first-order valence-electron chi connectivity index (χ1n) is 14.7. The van der Waals surface area contributed by atoms with Crippen LogP contribution in [0.15, 0.2) is 48.5 Å². The number of nitrogens with zero attached hydrogens (tertiary/aromatic N) is 2. The van der Waals surface area contributed by atoms with E-state index >= 15 is 0 Å². The number of aliphatic hydroxyl groups excluding tert-OH is 1. The molecule has 3 aliphatic heterocycles. The molecular formula is C31H38F3N3O5. The molecule has 0 aliphatic carbocycles. The third kappa shape index (κ3) is 7.50. The molecule has 3 aliphatic rings. The van der Waals surface area contributed by atoms with Gasteiger partial charge in [-0.05, 0) is 55.5 Å². The topological polar surface area (TPSA) is 91.3 Å². The van der Waals surface area contributed by atoms with Gasteiger partial charge in [-0.2, -0.15) is 13.2 Å². The van der Waals surface area contributed by atoms with Crippen LogP contribution in [0.25, 0.3) is 0 Å². The van der Waals surface area contributed by atoms with Crippen molar-refractivity contribution in [1.29, 1.82) is 0 Å². The number of carbonyl (C=O) groups excluding carboxylic acids is 2. The molecule has 11 heteroatoms. The molecule has 4 atom stereocenters. The Morgan fingerprint density at radius 2 is 1.55 bits per heavy atom. The zero-order chi connectivity index (χ0) is 29.7. The first-order valence-corrected chi connectivity index (χ1v) is 14.7. The van der Waals surface area contributed by atoms with E-state index in [-0.39, 0.29) is 38.3 Å². The van der Waals surface area contributed by atoms with Crippen LogP contribution in [0.1, 0.15) is 73.2 Å². The third-order valence-electron chi connectivity index (χ3n) is 8.30. The van der Waals surface area contributed by atoms with Crippen LogP contribution in [-0.4, -0.2) is 71.2 Å². The van der Waals surface area contributed by atoms with Crippen LogP contribution < -0.4 is 5.32 Å². The van der Waals surface area contributed by atoms with Gasteiger partial charge >= 0.3 is 12.1 Å². The standard InChI is InChI=1S/C31H38F3N3O5/c32-31(33,34)30(40)37-16-4-5-26(37)28(39)35-18-21-6-12-24(13-7-21)29-41-25(19-36-14-2-1-3-15-36)17-27(42-29)23-10-8-22(20-38)9-11-23/h6-13,25-27,29,38H,1-5,14-20H2,(H,35,39)/t25-,26+,27+,29+/m1/s1. The number of piperidine rings is 1. The lowest BCUT2D eigenvalue weighted by atomic mass is 9.99. The van der Waals surface area contributed by atoms with Crippen molar-refractivity contribution in [2.24, 2.45) is 0 Å². The van der Waals surface area contributed by atoms with Gasteiger partial charge in [0.05, 0.1) is 18.8 Å².